The van der Waals surface area contributed by atoms with E-state index in [4.69, 9.17) is 4.74 Å². The molecule has 0 bridgehead atoms. The molecule has 0 radical (unpaired) electrons. The van der Waals surface area contributed by atoms with E-state index in [1.165, 1.54) is 5.56 Å². The van der Waals surface area contributed by atoms with Crippen LogP contribution in [0.3, 0.4) is 0 Å². The molecule has 90 valence electrons. The lowest BCUT2D eigenvalue weighted by Crippen LogP contribution is -2.21. The van der Waals surface area contributed by atoms with Gasteiger partial charge < -0.3 is 4.74 Å². The van der Waals surface area contributed by atoms with Crippen molar-refractivity contribution in [2.75, 3.05) is 6.61 Å². The standard InChI is InChI=1S/C15H18O2/c1-11(16)15(7-8-15)10-12-6-9-17-14-5-3-2-4-13(12)14/h2-5,12H,6-10H2,1H3. The minimum atomic E-state index is 0.00905. The summed E-state index contributed by atoms with van der Waals surface area (Å²) in [6.07, 6.45) is 4.23. The van der Waals surface area contributed by atoms with Gasteiger partial charge in [-0.25, -0.2) is 0 Å². The lowest BCUT2D eigenvalue weighted by atomic mass is 9.82. The minimum Gasteiger partial charge on any atom is -0.493 e. The molecule has 1 unspecified atom stereocenters. The van der Waals surface area contributed by atoms with Crippen LogP contribution in [-0.2, 0) is 4.79 Å². The molecule has 0 saturated heterocycles. The van der Waals surface area contributed by atoms with Gasteiger partial charge in [-0.15, -0.1) is 0 Å². The molecule has 1 heterocycles. The van der Waals surface area contributed by atoms with Gasteiger partial charge >= 0.3 is 0 Å². The first-order chi connectivity index (χ1) is 8.21. The number of benzene rings is 1. The summed E-state index contributed by atoms with van der Waals surface area (Å²) < 4.78 is 5.66. The predicted molar refractivity (Wildman–Crippen MR) is 66.3 cm³/mol. The maximum absolute atomic E-state index is 11.7. The summed E-state index contributed by atoms with van der Waals surface area (Å²) in [4.78, 5) is 11.7. The Bertz CT molecular complexity index is 446. The van der Waals surface area contributed by atoms with E-state index in [0.717, 1.165) is 38.0 Å². The number of carbonyl (C=O) groups excluding carboxylic acids is 1. The summed E-state index contributed by atoms with van der Waals surface area (Å²) in [6.45, 7) is 2.54. The molecule has 2 heteroatoms. The Hall–Kier alpha value is -1.31. The quantitative estimate of drug-likeness (QED) is 0.796. The second-order valence-corrected chi connectivity index (χ2v) is 5.41. The van der Waals surface area contributed by atoms with Gasteiger partial charge in [0, 0.05) is 5.41 Å². The van der Waals surface area contributed by atoms with Gasteiger partial charge in [0.05, 0.1) is 6.61 Å². The molecule has 1 fully saturated rings. The number of para-hydroxylation sites is 1. The van der Waals surface area contributed by atoms with Crippen molar-refractivity contribution in [1.82, 2.24) is 0 Å². The molecule has 1 aliphatic heterocycles. The minimum absolute atomic E-state index is 0.00905. The van der Waals surface area contributed by atoms with Crippen LogP contribution in [0.25, 0.3) is 0 Å². The van der Waals surface area contributed by atoms with Gasteiger partial charge in [0.25, 0.3) is 0 Å². The number of fused-ring (bicyclic) bond motifs is 1. The largest absolute Gasteiger partial charge is 0.493 e. The Morgan fingerprint density at radius 3 is 2.88 bits per heavy atom. The molecule has 2 aliphatic rings. The first kappa shape index (κ1) is 10.8. The Balaban J connectivity index is 1.84. The van der Waals surface area contributed by atoms with E-state index in [2.05, 4.69) is 12.1 Å². The van der Waals surface area contributed by atoms with Gasteiger partial charge in [0.15, 0.2) is 0 Å². The third-order valence-corrected chi connectivity index (χ3v) is 4.32. The molecule has 0 amide bonds. The summed E-state index contributed by atoms with van der Waals surface area (Å²) in [6, 6.07) is 8.26. The number of hydrogen-bond acceptors (Lipinski definition) is 2. The zero-order valence-corrected chi connectivity index (χ0v) is 10.2. The Morgan fingerprint density at radius 1 is 1.41 bits per heavy atom. The van der Waals surface area contributed by atoms with Crippen molar-refractivity contribution >= 4 is 5.78 Å². The number of Topliss-reactive ketones (excluding diaryl/α,β-unsaturated/α-hetero) is 1. The van der Waals surface area contributed by atoms with Crippen molar-refractivity contribution in [3.63, 3.8) is 0 Å². The number of ketones is 1. The van der Waals surface area contributed by atoms with Crippen molar-refractivity contribution in [2.24, 2.45) is 5.41 Å². The monoisotopic (exact) mass is 230 g/mol. The van der Waals surface area contributed by atoms with Crippen LogP contribution in [0.15, 0.2) is 24.3 Å². The summed E-state index contributed by atoms with van der Waals surface area (Å²) in [5.41, 5.74) is 1.31. The SMILES string of the molecule is CC(=O)C1(CC2CCOc3ccccc32)CC1. The average molecular weight is 230 g/mol. The molecular formula is C15H18O2. The zero-order chi connectivity index (χ0) is 11.9. The average Bonchev–Trinajstić information content (AvgIpc) is 3.11. The van der Waals surface area contributed by atoms with Crippen molar-refractivity contribution < 1.29 is 9.53 Å². The topological polar surface area (TPSA) is 26.3 Å². The van der Waals surface area contributed by atoms with Gasteiger partial charge in [0.1, 0.15) is 11.5 Å². The van der Waals surface area contributed by atoms with Gasteiger partial charge in [-0.05, 0) is 50.2 Å². The van der Waals surface area contributed by atoms with Crippen LogP contribution < -0.4 is 4.74 Å². The summed E-state index contributed by atoms with van der Waals surface area (Å²) in [5.74, 6) is 1.90. The maximum atomic E-state index is 11.7. The lowest BCUT2D eigenvalue weighted by molar-refractivity contribution is -0.122. The highest BCUT2D eigenvalue weighted by atomic mass is 16.5. The number of ether oxygens (including phenoxy) is 1. The van der Waals surface area contributed by atoms with E-state index in [1.54, 1.807) is 6.92 Å². The van der Waals surface area contributed by atoms with Crippen LogP contribution in [0.2, 0.25) is 0 Å². The van der Waals surface area contributed by atoms with Gasteiger partial charge in [-0.3, -0.25) is 4.79 Å². The molecule has 1 aliphatic carbocycles. The molecule has 1 aromatic carbocycles. The molecule has 1 aromatic rings. The zero-order valence-electron chi connectivity index (χ0n) is 10.2. The number of hydrogen-bond donors (Lipinski definition) is 0. The molecule has 0 aromatic heterocycles. The smallest absolute Gasteiger partial charge is 0.135 e. The molecule has 0 spiro atoms. The lowest BCUT2D eigenvalue weighted by Gasteiger charge is -2.28. The van der Waals surface area contributed by atoms with Gasteiger partial charge in [-0.2, -0.15) is 0 Å². The summed E-state index contributed by atoms with van der Waals surface area (Å²) >= 11 is 0. The summed E-state index contributed by atoms with van der Waals surface area (Å²) in [5, 5.41) is 0. The first-order valence-corrected chi connectivity index (χ1v) is 6.44. The van der Waals surface area contributed by atoms with Gasteiger partial charge in [-0.1, -0.05) is 18.2 Å². The maximum Gasteiger partial charge on any atom is 0.135 e. The second kappa shape index (κ2) is 3.86. The van der Waals surface area contributed by atoms with Crippen molar-refractivity contribution in [1.29, 1.82) is 0 Å². The Kier molecular flexibility index (Phi) is 2.46. The van der Waals surface area contributed by atoms with E-state index < -0.39 is 0 Å². The van der Waals surface area contributed by atoms with Crippen LogP contribution in [0.1, 0.15) is 44.1 Å². The normalized spacial score (nSPS) is 24.6. The Labute approximate surface area is 102 Å². The highest BCUT2D eigenvalue weighted by Crippen LogP contribution is 2.54. The molecule has 3 rings (SSSR count). The summed E-state index contributed by atoms with van der Waals surface area (Å²) in [7, 11) is 0. The number of carbonyl (C=O) groups is 1. The van der Waals surface area contributed by atoms with Crippen LogP contribution in [0.4, 0.5) is 0 Å². The fraction of sp³-hybridized carbons (Fsp3) is 0.533. The van der Waals surface area contributed by atoms with E-state index in [9.17, 15) is 4.79 Å². The highest BCUT2D eigenvalue weighted by Gasteiger charge is 2.48. The Morgan fingerprint density at radius 2 is 2.18 bits per heavy atom. The third-order valence-electron chi connectivity index (χ3n) is 4.32. The molecule has 1 atom stereocenters. The molecule has 17 heavy (non-hydrogen) atoms. The molecular weight excluding hydrogens is 212 g/mol. The fourth-order valence-electron chi connectivity index (χ4n) is 2.95. The van der Waals surface area contributed by atoms with Crippen LogP contribution >= 0.6 is 0 Å². The molecule has 1 saturated carbocycles. The first-order valence-electron chi connectivity index (χ1n) is 6.44. The van der Waals surface area contributed by atoms with Crippen LogP contribution in [0.5, 0.6) is 5.75 Å². The van der Waals surface area contributed by atoms with E-state index in [-0.39, 0.29) is 5.41 Å². The van der Waals surface area contributed by atoms with E-state index in [1.807, 2.05) is 12.1 Å². The fourth-order valence-corrected chi connectivity index (χ4v) is 2.95. The van der Waals surface area contributed by atoms with Crippen molar-refractivity contribution in [3.05, 3.63) is 29.8 Å². The van der Waals surface area contributed by atoms with Crippen LogP contribution in [0, 0.1) is 5.41 Å². The van der Waals surface area contributed by atoms with Crippen molar-refractivity contribution in [2.45, 2.75) is 38.5 Å². The van der Waals surface area contributed by atoms with Crippen molar-refractivity contribution in [3.8, 4) is 5.75 Å². The van der Waals surface area contributed by atoms with E-state index >= 15 is 0 Å². The third kappa shape index (κ3) is 1.86. The van der Waals surface area contributed by atoms with Gasteiger partial charge in [0.2, 0.25) is 0 Å². The second-order valence-electron chi connectivity index (χ2n) is 5.41. The van der Waals surface area contributed by atoms with E-state index in [0.29, 0.717) is 11.7 Å². The highest BCUT2D eigenvalue weighted by molar-refractivity contribution is 5.85. The predicted octanol–water partition coefficient (Wildman–Crippen LogP) is 3.31. The molecule has 2 nitrogen and oxygen atoms in total. The molecule has 0 N–H and O–H groups in total. The van der Waals surface area contributed by atoms with Crippen LogP contribution in [-0.4, -0.2) is 12.4 Å². The number of rotatable bonds is 3.